The molecule has 0 N–H and O–H groups in total. The smallest absolute Gasteiger partial charge is 0.387 e. The van der Waals surface area contributed by atoms with Gasteiger partial charge in [-0.2, -0.15) is 18.6 Å². The van der Waals surface area contributed by atoms with E-state index in [2.05, 4.69) is 20.0 Å². The van der Waals surface area contributed by atoms with E-state index >= 15 is 0 Å². The fourth-order valence-electron chi connectivity index (χ4n) is 1.51. The van der Waals surface area contributed by atoms with Crippen LogP contribution in [0.1, 0.15) is 5.56 Å². The summed E-state index contributed by atoms with van der Waals surface area (Å²) in [6.45, 7) is -3.05. The van der Waals surface area contributed by atoms with Crippen LogP contribution in [0.15, 0.2) is 34.8 Å². The van der Waals surface area contributed by atoms with E-state index in [9.17, 15) is 18.9 Å². The Morgan fingerprint density at radius 2 is 2.32 bits per heavy atom. The zero-order valence-corrected chi connectivity index (χ0v) is 11.9. The van der Waals surface area contributed by atoms with Crippen LogP contribution >= 0.6 is 11.8 Å². The number of thioether (sulfide) groups is 1. The van der Waals surface area contributed by atoms with Crippen molar-refractivity contribution in [1.29, 1.82) is 0 Å². The van der Waals surface area contributed by atoms with E-state index in [1.807, 2.05) is 0 Å². The van der Waals surface area contributed by atoms with Crippen molar-refractivity contribution in [3.63, 3.8) is 0 Å². The second kappa shape index (κ2) is 6.93. The number of aromatic nitrogens is 3. The van der Waals surface area contributed by atoms with Crippen molar-refractivity contribution >= 4 is 23.7 Å². The zero-order valence-electron chi connectivity index (χ0n) is 11.1. The van der Waals surface area contributed by atoms with Crippen molar-refractivity contribution < 1.29 is 18.4 Å². The molecule has 1 aromatic carbocycles. The van der Waals surface area contributed by atoms with Gasteiger partial charge in [0.2, 0.25) is 5.16 Å². The minimum atomic E-state index is -3.05. The monoisotopic (exact) mass is 329 g/mol. The first-order valence-electron chi connectivity index (χ1n) is 5.73. The number of nitro benzene ring substituents is 1. The molecule has 0 saturated carbocycles. The summed E-state index contributed by atoms with van der Waals surface area (Å²) in [5, 5.41) is 22.6. The number of hydrogen-bond acceptors (Lipinski definition) is 7. The fourth-order valence-corrected chi connectivity index (χ4v) is 1.92. The SMILES string of the molecule is CSc1nncn1/N=C/c1cc([N+](=O)[O-])ccc1OC(F)F. The summed E-state index contributed by atoms with van der Waals surface area (Å²) in [7, 11) is 0. The third kappa shape index (κ3) is 3.75. The summed E-state index contributed by atoms with van der Waals surface area (Å²) in [5.41, 5.74) is -0.229. The Bertz CT molecular complexity index is 707. The summed E-state index contributed by atoms with van der Waals surface area (Å²) < 4.78 is 30.3. The average molecular weight is 329 g/mol. The van der Waals surface area contributed by atoms with Crippen LogP contribution in [0.5, 0.6) is 5.75 Å². The summed E-state index contributed by atoms with van der Waals surface area (Å²) in [6, 6.07) is 3.25. The Labute approximate surface area is 126 Å². The standard InChI is InChI=1S/C11H9F2N5O3S/c1-22-11-16-14-6-17(11)15-5-7-4-8(18(19)20)2-3-9(7)21-10(12)13/h2-6,10H,1H3/b15-5+. The van der Waals surface area contributed by atoms with Gasteiger partial charge in [0.05, 0.1) is 11.1 Å². The first-order chi connectivity index (χ1) is 10.5. The Hall–Kier alpha value is -2.56. The van der Waals surface area contributed by atoms with Crippen LogP contribution in [-0.4, -0.2) is 38.9 Å². The van der Waals surface area contributed by atoms with E-state index in [1.165, 1.54) is 22.8 Å². The van der Waals surface area contributed by atoms with E-state index in [0.29, 0.717) is 5.16 Å². The molecular weight excluding hydrogens is 320 g/mol. The van der Waals surface area contributed by atoms with Crippen molar-refractivity contribution in [1.82, 2.24) is 14.9 Å². The molecule has 1 heterocycles. The van der Waals surface area contributed by atoms with E-state index in [1.54, 1.807) is 6.26 Å². The first-order valence-corrected chi connectivity index (χ1v) is 6.95. The van der Waals surface area contributed by atoms with Crippen molar-refractivity contribution in [2.24, 2.45) is 5.10 Å². The highest BCUT2D eigenvalue weighted by Crippen LogP contribution is 2.24. The molecule has 0 aliphatic heterocycles. The highest BCUT2D eigenvalue weighted by Gasteiger charge is 2.14. The number of hydrogen-bond donors (Lipinski definition) is 0. The lowest BCUT2D eigenvalue weighted by Crippen LogP contribution is -2.05. The molecule has 0 aliphatic carbocycles. The van der Waals surface area contributed by atoms with Gasteiger partial charge in [0, 0.05) is 17.7 Å². The van der Waals surface area contributed by atoms with E-state index in [0.717, 1.165) is 24.4 Å². The van der Waals surface area contributed by atoms with Crippen LogP contribution in [-0.2, 0) is 0 Å². The van der Waals surface area contributed by atoms with Crippen LogP contribution in [0.2, 0.25) is 0 Å². The van der Waals surface area contributed by atoms with Gasteiger partial charge in [-0.3, -0.25) is 10.1 Å². The molecule has 116 valence electrons. The normalized spacial score (nSPS) is 11.3. The van der Waals surface area contributed by atoms with Crippen molar-refractivity contribution in [3.05, 3.63) is 40.2 Å². The van der Waals surface area contributed by atoms with Gasteiger partial charge in [-0.05, 0) is 12.3 Å². The largest absolute Gasteiger partial charge is 0.434 e. The minimum absolute atomic E-state index is 0.0373. The third-order valence-electron chi connectivity index (χ3n) is 2.42. The summed E-state index contributed by atoms with van der Waals surface area (Å²) in [6.07, 6.45) is 4.23. The maximum atomic E-state index is 12.4. The molecule has 0 saturated heterocycles. The number of alkyl halides is 2. The molecular formula is C11H9F2N5O3S. The zero-order chi connectivity index (χ0) is 16.1. The number of rotatable bonds is 6. The predicted molar refractivity (Wildman–Crippen MR) is 74.5 cm³/mol. The number of benzene rings is 1. The summed E-state index contributed by atoms with van der Waals surface area (Å²) in [4.78, 5) is 10.1. The molecule has 0 fully saturated rings. The van der Waals surface area contributed by atoms with Gasteiger partial charge in [0.15, 0.2) is 0 Å². The lowest BCUT2D eigenvalue weighted by atomic mass is 10.2. The Kier molecular flexibility index (Phi) is 4.99. The Balaban J connectivity index is 2.37. The van der Waals surface area contributed by atoms with Gasteiger partial charge >= 0.3 is 6.61 Å². The van der Waals surface area contributed by atoms with Crippen LogP contribution < -0.4 is 4.74 Å². The molecule has 0 amide bonds. The molecule has 0 radical (unpaired) electrons. The second-order valence-electron chi connectivity index (χ2n) is 3.76. The molecule has 1 aromatic heterocycles. The molecule has 0 unspecified atom stereocenters. The molecule has 0 bridgehead atoms. The number of halogens is 2. The fraction of sp³-hybridized carbons (Fsp3) is 0.182. The van der Waals surface area contributed by atoms with Gasteiger partial charge in [-0.15, -0.1) is 10.2 Å². The Morgan fingerprint density at radius 3 is 2.95 bits per heavy atom. The molecule has 0 aliphatic rings. The van der Waals surface area contributed by atoms with Crippen LogP contribution in [0.3, 0.4) is 0 Å². The predicted octanol–water partition coefficient (Wildman–Crippen LogP) is 2.39. The highest BCUT2D eigenvalue weighted by atomic mass is 32.2. The molecule has 0 atom stereocenters. The average Bonchev–Trinajstić information content (AvgIpc) is 2.92. The van der Waals surface area contributed by atoms with Crippen molar-refractivity contribution in [3.8, 4) is 5.75 Å². The Morgan fingerprint density at radius 1 is 1.55 bits per heavy atom. The molecule has 0 spiro atoms. The van der Waals surface area contributed by atoms with E-state index in [4.69, 9.17) is 0 Å². The van der Waals surface area contributed by atoms with Crippen molar-refractivity contribution in [2.75, 3.05) is 6.26 Å². The second-order valence-corrected chi connectivity index (χ2v) is 4.54. The summed E-state index contributed by atoms with van der Waals surface area (Å²) >= 11 is 1.28. The molecule has 2 aromatic rings. The number of nitrogens with zero attached hydrogens (tertiary/aromatic N) is 5. The maximum Gasteiger partial charge on any atom is 0.387 e. The van der Waals surface area contributed by atoms with E-state index in [-0.39, 0.29) is 17.0 Å². The van der Waals surface area contributed by atoms with Gasteiger partial charge < -0.3 is 4.74 Å². The first kappa shape index (κ1) is 15.8. The highest BCUT2D eigenvalue weighted by molar-refractivity contribution is 7.98. The topological polar surface area (TPSA) is 95.4 Å². The number of non-ortho nitro benzene ring substituents is 1. The lowest BCUT2D eigenvalue weighted by molar-refractivity contribution is -0.384. The lowest BCUT2D eigenvalue weighted by Gasteiger charge is -2.07. The summed E-state index contributed by atoms with van der Waals surface area (Å²) in [5.74, 6) is -0.219. The van der Waals surface area contributed by atoms with Gasteiger partial charge in [-0.25, -0.2) is 0 Å². The number of ether oxygens (including phenoxy) is 1. The minimum Gasteiger partial charge on any atom is -0.434 e. The molecule has 8 nitrogen and oxygen atoms in total. The van der Waals surface area contributed by atoms with Crippen molar-refractivity contribution in [2.45, 2.75) is 11.8 Å². The molecule has 2 rings (SSSR count). The van der Waals surface area contributed by atoms with E-state index < -0.39 is 11.5 Å². The van der Waals surface area contributed by atoms with Gasteiger partial charge in [-0.1, -0.05) is 11.8 Å². The van der Waals surface area contributed by atoms with Gasteiger partial charge in [0.1, 0.15) is 12.1 Å². The third-order valence-corrected chi connectivity index (χ3v) is 3.06. The van der Waals surface area contributed by atoms with Crippen LogP contribution in [0.25, 0.3) is 0 Å². The number of nitro groups is 1. The van der Waals surface area contributed by atoms with Gasteiger partial charge in [0.25, 0.3) is 5.69 Å². The quantitative estimate of drug-likeness (QED) is 0.349. The van der Waals surface area contributed by atoms with Crippen LogP contribution in [0, 0.1) is 10.1 Å². The molecule has 11 heteroatoms. The molecule has 22 heavy (non-hydrogen) atoms. The maximum absolute atomic E-state index is 12.4. The van der Waals surface area contributed by atoms with Crippen LogP contribution in [0.4, 0.5) is 14.5 Å².